The number of benzene rings is 1. The second-order valence-electron chi connectivity index (χ2n) is 3.08. The molecule has 0 saturated heterocycles. The predicted molar refractivity (Wildman–Crippen MR) is 52.8 cm³/mol. The van der Waals surface area contributed by atoms with Crippen molar-refractivity contribution in [2.75, 3.05) is 18.5 Å². The molecule has 1 aromatic rings. The van der Waals surface area contributed by atoms with Gasteiger partial charge in [0.15, 0.2) is 0 Å². The third kappa shape index (κ3) is 3.44. The Morgan fingerprint density at radius 3 is 2.46 bits per heavy atom. The largest absolute Gasteiger partial charge is 0.394 e. The molecule has 13 heavy (non-hydrogen) atoms. The Hall–Kier alpha value is -1.06. The zero-order chi connectivity index (χ0) is 9.68. The molecule has 0 aliphatic rings. The normalized spacial score (nSPS) is 12.5. The molecule has 1 rings (SSSR count). The standard InChI is InChI=1S/C10H15NO2/c1-8-2-4-9(5-3-8)11-6-10(13)7-12/h2-5,10-13H,6-7H2,1H3/t10-/m0/s1. The van der Waals surface area contributed by atoms with E-state index in [2.05, 4.69) is 5.32 Å². The fourth-order valence-electron chi connectivity index (χ4n) is 0.972. The first-order valence-corrected chi connectivity index (χ1v) is 4.32. The Morgan fingerprint density at radius 1 is 1.31 bits per heavy atom. The van der Waals surface area contributed by atoms with Gasteiger partial charge in [0.2, 0.25) is 0 Å². The average molecular weight is 181 g/mol. The number of aliphatic hydroxyl groups excluding tert-OH is 2. The van der Waals surface area contributed by atoms with Crippen LogP contribution >= 0.6 is 0 Å². The van der Waals surface area contributed by atoms with Gasteiger partial charge in [-0.3, -0.25) is 0 Å². The Kier molecular flexibility index (Phi) is 3.73. The van der Waals surface area contributed by atoms with E-state index >= 15 is 0 Å². The first-order valence-electron chi connectivity index (χ1n) is 4.32. The third-order valence-corrected chi connectivity index (χ3v) is 1.80. The van der Waals surface area contributed by atoms with Crippen molar-refractivity contribution < 1.29 is 10.2 Å². The van der Waals surface area contributed by atoms with E-state index in [1.807, 2.05) is 31.2 Å². The van der Waals surface area contributed by atoms with Crippen LogP contribution in [-0.2, 0) is 0 Å². The Labute approximate surface area is 78.0 Å². The summed E-state index contributed by atoms with van der Waals surface area (Å²) in [6.07, 6.45) is -0.693. The summed E-state index contributed by atoms with van der Waals surface area (Å²) in [5.41, 5.74) is 2.16. The molecule has 3 N–H and O–H groups in total. The van der Waals surface area contributed by atoms with Crippen molar-refractivity contribution in [3.8, 4) is 0 Å². The average Bonchev–Trinajstić information content (AvgIpc) is 2.16. The SMILES string of the molecule is Cc1ccc(NC[C@H](O)CO)cc1. The molecular weight excluding hydrogens is 166 g/mol. The fourth-order valence-corrected chi connectivity index (χ4v) is 0.972. The molecule has 0 heterocycles. The van der Waals surface area contributed by atoms with Crippen molar-refractivity contribution in [1.82, 2.24) is 0 Å². The minimum atomic E-state index is -0.693. The number of nitrogens with one attached hydrogen (secondary N) is 1. The fraction of sp³-hybridized carbons (Fsp3) is 0.400. The summed E-state index contributed by atoms with van der Waals surface area (Å²) >= 11 is 0. The van der Waals surface area contributed by atoms with Crippen molar-refractivity contribution in [3.63, 3.8) is 0 Å². The van der Waals surface area contributed by atoms with Crippen LogP contribution in [0.4, 0.5) is 5.69 Å². The minimum absolute atomic E-state index is 0.209. The molecule has 0 spiro atoms. The maximum atomic E-state index is 9.06. The molecule has 0 aromatic heterocycles. The highest BCUT2D eigenvalue weighted by molar-refractivity contribution is 5.44. The lowest BCUT2D eigenvalue weighted by atomic mass is 10.2. The van der Waals surface area contributed by atoms with Gasteiger partial charge in [-0.05, 0) is 19.1 Å². The molecule has 0 fully saturated rings. The number of hydrogen-bond acceptors (Lipinski definition) is 3. The van der Waals surface area contributed by atoms with E-state index in [-0.39, 0.29) is 6.61 Å². The molecule has 0 aliphatic heterocycles. The van der Waals surface area contributed by atoms with E-state index in [4.69, 9.17) is 10.2 Å². The smallest absolute Gasteiger partial charge is 0.0942 e. The van der Waals surface area contributed by atoms with Crippen LogP contribution in [0.5, 0.6) is 0 Å². The number of hydrogen-bond donors (Lipinski definition) is 3. The molecule has 1 atom stereocenters. The van der Waals surface area contributed by atoms with Crippen molar-refractivity contribution in [3.05, 3.63) is 29.8 Å². The van der Waals surface area contributed by atoms with E-state index in [1.54, 1.807) is 0 Å². The quantitative estimate of drug-likeness (QED) is 0.642. The summed E-state index contributed by atoms with van der Waals surface area (Å²) < 4.78 is 0. The molecule has 0 amide bonds. The molecule has 1 aromatic carbocycles. The molecule has 0 radical (unpaired) electrons. The summed E-state index contributed by atoms with van der Waals surface area (Å²) in [6.45, 7) is 2.19. The zero-order valence-electron chi connectivity index (χ0n) is 7.70. The molecular formula is C10H15NO2. The van der Waals surface area contributed by atoms with E-state index in [1.165, 1.54) is 5.56 Å². The van der Waals surface area contributed by atoms with Crippen molar-refractivity contribution in [1.29, 1.82) is 0 Å². The topological polar surface area (TPSA) is 52.5 Å². The van der Waals surface area contributed by atoms with E-state index in [0.29, 0.717) is 6.54 Å². The van der Waals surface area contributed by atoms with Gasteiger partial charge in [-0.1, -0.05) is 17.7 Å². The van der Waals surface area contributed by atoms with Crippen LogP contribution in [0.1, 0.15) is 5.56 Å². The highest BCUT2D eigenvalue weighted by Crippen LogP contribution is 2.07. The Bertz CT molecular complexity index is 246. The number of anilines is 1. The van der Waals surface area contributed by atoms with Gasteiger partial charge in [0.25, 0.3) is 0 Å². The number of aryl methyl sites for hydroxylation is 1. The van der Waals surface area contributed by atoms with Crippen LogP contribution < -0.4 is 5.32 Å². The molecule has 0 saturated carbocycles. The summed E-state index contributed by atoms with van der Waals surface area (Å²) in [5.74, 6) is 0. The maximum absolute atomic E-state index is 9.06. The van der Waals surface area contributed by atoms with Crippen LogP contribution in [-0.4, -0.2) is 29.5 Å². The van der Waals surface area contributed by atoms with Crippen LogP contribution in [0.2, 0.25) is 0 Å². The Balaban J connectivity index is 2.41. The van der Waals surface area contributed by atoms with Gasteiger partial charge in [0.05, 0.1) is 12.7 Å². The van der Waals surface area contributed by atoms with Crippen LogP contribution in [0.25, 0.3) is 0 Å². The van der Waals surface area contributed by atoms with Crippen LogP contribution in [0.15, 0.2) is 24.3 Å². The van der Waals surface area contributed by atoms with Gasteiger partial charge in [0, 0.05) is 12.2 Å². The number of rotatable bonds is 4. The molecule has 3 nitrogen and oxygen atoms in total. The second kappa shape index (κ2) is 4.84. The summed E-state index contributed by atoms with van der Waals surface area (Å²) in [4.78, 5) is 0. The first kappa shape index (κ1) is 10.0. The van der Waals surface area contributed by atoms with Gasteiger partial charge in [-0.2, -0.15) is 0 Å². The summed E-state index contributed by atoms with van der Waals surface area (Å²) in [7, 11) is 0. The number of aliphatic hydroxyl groups is 2. The van der Waals surface area contributed by atoms with Gasteiger partial charge in [0.1, 0.15) is 0 Å². The van der Waals surface area contributed by atoms with Crippen molar-refractivity contribution >= 4 is 5.69 Å². The van der Waals surface area contributed by atoms with Crippen molar-refractivity contribution in [2.45, 2.75) is 13.0 Å². The highest BCUT2D eigenvalue weighted by atomic mass is 16.3. The van der Waals surface area contributed by atoms with Gasteiger partial charge < -0.3 is 15.5 Å². The molecule has 72 valence electrons. The predicted octanol–water partition coefficient (Wildman–Crippen LogP) is 0.760. The lowest BCUT2D eigenvalue weighted by molar-refractivity contribution is 0.105. The molecule has 3 heteroatoms. The molecule has 0 bridgehead atoms. The van der Waals surface area contributed by atoms with Gasteiger partial charge >= 0.3 is 0 Å². The monoisotopic (exact) mass is 181 g/mol. The zero-order valence-corrected chi connectivity index (χ0v) is 7.70. The second-order valence-corrected chi connectivity index (χ2v) is 3.08. The van der Waals surface area contributed by atoms with Gasteiger partial charge in [-0.25, -0.2) is 0 Å². The van der Waals surface area contributed by atoms with Gasteiger partial charge in [-0.15, -0.1) is 0 Å². The molecule has 0 aliphatic carbocycles. The van der Waals surface area contributed by atoms with E-state index in [9.17, 15) is 0 Å². The van der Waals surface area contributed by atoms with Crippen LogP contribution in [0.3, 0.4) is 0 Å². The van der Waals surface area contributed by atoms with E-state index < -0.39 is 6.10 Å². The molecule has 0 unspecified atom stereocenters. The lowest BCUT2D eigenvalue weighted by Crippen LogP contribution is -2.22. The minimum Gasteiger partial charge on any atom is -0.394 e. The first-order chi connectivity index (χ1) is 6.22. The summed E-state index contributed by atoms with van der Waals surface area (Å²) in [6, 6.07) is 7.88. The summed E-state index contributed by atoms with van der Waals surface area (Å²) in [5, 5.41) is 20.6. The van der Waals surface area contributed by atoms with Crippen molar-refractivity contribution in [2.24, 2.45) is 0 Å². The lowest BCUT2D eigenvalue weighted by Gasteiger charge is -2.09. The van der Waals surface area contributed by atoms with E-state index in [0.717, 1.165) is 5.69 Å². The third-order valence-electron chi connectivity index (χ3n) is 1.80. The van der Waals surface area contributed by atoms with Crippen LogP contribution in [0, 0.1) is 6.92 Å². The maximum Gasteiger partial charge on any atom is 0.0942 e. The highest BCUT2D eigenvalue weighted by Gasteiger charge is 2.00. The Morgan fingerprint density at radius 2 is 1.92 bits per heavy atom.